The fourth-order valence-electron chi connectivity index (χ4n) is 2.12. The average Bonchev–Trinajstić information content (AvgIpc) is 3.05. The van der Waals surface area contributed by atoms with Gasteiger partial charge in [-0.3, -0.25) is 0 Å². The van der Waals surface area contributed by atoms with Crippen LogP contribution in [0.15, 0.2) is 47.8 Å². The summed E-state index contributed by atoms with van der Waals surface area (Å²) in [5.74, 6) is 1.07. The van der Waals surface area contributed by atoms with Crippen molar-refractivity contribution >= 4 is 22.2 Å². The molecule has 0 aliphatic carbocycles. The number of rotatable bonds is 5. The summed E-state index contributed by atoms with van der Waals surface area (Å²) < 4.78 is 23.5. The third kappa shape index (κ3) is 3.43. The largest absolute Gasteiger partial charge is 0.493 e. The lowest BCUT2D eigenvalue weighted by Gasteiger charge is -2.08. The Balaban J connectivity index is 1.82. The van der Waals surface area contributed by atoms with Gasteiger partial charge in [0.05, 0.1) is 19.9 Å². The molecule has 0 spiro atoms. The molecule has 3 aromatic rings. The molecule has 1 N–H and O–H groups in total. The molecule has 1 aromatic heterocycles. The van der Waals surface area contributed by atoms with Crippen molar-refractivity contribution in [2.75, 3.05) is 19.5 Å². The third-order valence-electron chi connectivity index (χ3n) is 3.28. The average molecular weight is 330 g/mol. The standard InChI is InChI=1S/C17H15FN2O2S/c1-21-15-8-3-11(9-16(15)22-2)14-10-23-17(20-14)19-13-6-4-12(18)5-7-13/h3-10H,1-2H3,(H,19,20). The number of hydrogen-bond donors (Lipinski definition) is 1. The van der Waals surface area contributed by atoms with Crippen molar-refractivity contribution in [1.82, 2.24) is 4.98 Å². The summed E-state index contributed by atoms with van der Waals surface area (Å²) in [6.45, 7) is 0. The maximum absolute atomic E-state index is 12.9. The van der Waals surface area contributed by atoms with E-state index in [2.05, 4.69) is 10.3 Å². The highest BCUT2D eigenvalue weighted by molar-refractivity contribution is 7.14. The van der Waals surface area contributed by atoms with Crippen molar-refractivity contribution in [3.05, 3.63) is 53.7 Å². The molecule has 0 saturated carbocycles. The van der Waals surface area contributed by atoms with Crippen LogP contribution in [0.5, 0.6) is 11.5 Å². The van der Waals surface area contributed by atoms with Crippen LogP contribution in [0, 0.1) is 5.82 Å². The molecule has 6 heteroatoms. The smallest absolute Gasteiger partial charge is 0.187 e. The topological polar surface area (TPSA) is 43.4 Å². The molecular weight excluding hydrogens is 315 g/mol. The maximum atomic E-state index is 12.9. The van der Waals surface area contributed by atoms with Gasteiger partial charge in [-0.05, 0) is 42.5 Å². The van der Waals surface area contributed by atoms with E-state index >= 15 is 0 Å². The minimum Gasteiger partial charge on any atom is -0.493 e. The van der Waals surface area contributed by atoms with Gasteiger partial charge in [-0.1, -0.05) is 0 Å². The van der Waals surface area contributed by atoms with E-state index in [9.17, 15) is 4.39 Å². The van der Waals surface area contributed by atoms with Gasteiger partial charge in [-0.15, -0.1) is 11.3 Å². The van der Waals surface area contributed by atoms with Gasteiger partial charge in [0, 0.05) is 16.6 Å². The summed E-state index contributed by atoms with van der Waals surface area (Å²) in [4.78, 5) is 4.55. The van der Waals surface area contributed by atoms with E-state index in [-0.39, 0.29) is 5.82 Å². The summed E-state index contributed by atoms with van der Waals surface area (Å²) in [7, 11) is 3.20. The van der Waals surface area contributed by atoms with Crippen LogP contribution in [-0.4, -0.2) is 19.2 Å². The molecule has 0 amide bonds. The Morgan fingerprint density at radius 3 is 2.43 bits per heavy atom. The molecule has 3 rings (SSSR count). The van der Waals surface area contributed by atoms with Crippen LogP contribution < -0.4 is 14.8 Å². The van der Waals surface area contributed by atoms with Crippen molar-refractivity contribution in [3.8, 4) is 22.8 Å². The summed E-state index contributed by atoms with van der Waals surface area (Å²) in [5.41, 5.74) is 2.56. The van der Waals surface area contributed by atoms with E-state index in [0.717, 1.165) is 22.1 Å². The SMILES string of the molecule is COc1ccc(-c2csc(Nc3ccc(F)cc3)n2)cc1OC. The lowest BCUT2D eigenvalue weighted by Crippen LogP contribution is -1.92. The zero-order chi connectivity index (χ0) is 16.2. The number of nitrogens with zero attached hydrogens (tertiary/aromatic N) is 1. The Morgan fingerprint density at radius 1 is 1.00 bits per heavy atom. The number of halogens is 1. The summed E-state index contributed by atoms with van der Waals surface area (Å²) in [5, 5.41) is 5.85. The molecule has 118 valence electrons. The van der Waals surface area contributed by atoms with E-state index in [1.54, 1.807) is 26.4 Å². The lowest BCUT2D eigenvalue weighted by atomic mass is 10.1. The highest BCUT2D eigenvalue weighted by Gasteiger charge is 2.09. The van der Waals surface area contributed by atoms with Gasteiger partial charge in [-0.25, -0.2) is 9.37 Å². The molecule has 2 aromatic carbocycles. The number of nitrogens with one attached hydrogen (secondary N) is 1. The minimum atomic E-state index is -0.263. The number of ether oxygens (including phenoxy) is 2. The van der Waals surface area contributed by atoms with E-state index in [4.69, 9.17) is 9.47 Å². The molecule has 0 atom stereocenters. The first-order valence-corrected chi connectivity index (χ1v) is 7.78. The molecule has 23 heavy (non-hydrogen) atoms. The van der Waals surface area contributed by atoms with Gasteiger partial charge in [0.1, 0.15) is 5.82 Å². The van der Waals surface area contributed by atoms with E-state index < -0.39 is 0 Å². The monoisotopic (exact) mass is 330 g/mol. The Bertz CT molecular complexity index is 803. The van der Waals surface area contributed by atoms with Gasteiger partial charge < -0.3 is 14.8 Å². The van der Waals surface area contributed by atoms with Crippen LogP contribution >= 0.6 is 11.3 Å². The molecule has 0 aliphatic rings. The quantitative estimate of drug-likeness (QED) is 0.736. The molecule has 4 nitrogen and oxygen atoms in total. The van der Waals surface area contributed by atoms with Crippen molar-refractivity contribution in [1.29, 1.82) is 0 Å². The molecule has 0 radical (unpaired) electrons. The Kier molecular flexibility index (Phi) is 4.43. The van der Waals surface area contributed by atoms with Crippen LogP contribution in [0.2, 0.25) is 0 Å². The van der Waals surface area contributed by atoms with Crippen LogP contribution in [0.25, 0.3) is 11.3 Å². The predicted octanol–water partition coefficient (Wildman–Crippen LogP) is 4.71. The fraction of sp³-hybridized carbons (Fsp3) is 0.118. The number of thiazole rings is 1. The number of anilines is 2. The second-order valence-electron chi connectivity index (χ2n) is 4.74. The molecule has 0 saturated heterocycles. The Labute approximate surface area is 137 Å². The highest BCUT2D eigenvalue weighted by atomic mass is 32.1. The number of hydrogen-bond acceptors (Lipinski definition) is 5. The molecular formula is C17H15FN2O2S. The molecule has 0 aliphatic heterocycles. The molecule has 1 heterocycles. The van der Waals surface area contributed by atoms with Crippen molar-refractivity contribution in [2.24, 2.45) is 0 Å². The Hall–Kier alpha value is -2.60. The highest BCUT2D eigenvalue weighted by Crippen LogP contribution is 2.34. The van der Waals surface area contributed by atoms with Gasteiger partial charge in [0.2, 0.25) is 0 Å². The van der Waals surface area contributed by atoms with Crippen LogP contribution in [0.4, 0.5) is 15.2 Å². The number of benzene rings is 2. The summed E-state index contributed by atoms with van der Waals surface area (Å²) in [6, 6.07) is 11.8. The van der Waals surface area contributed by atoms with Crippen LogP contribution in [0.3, 0.4) is 0 Å². The van der Waals surface area contributed by atoms with Gasteiger partial charge in [0.15, 0.2) is 16.6 Å². The van der Waals surface area contributed by atoms with Crippen LogP contribution in [-0.2, 0) is 0 Å². The van der Waals surface area contributed by atoms with Crippen molar-refractivity contribution in [3.63, 3.8) is 0 Å². The molecule has 0 unspecified atom stereocenters. The second-order valence-corrected chi connectivity index (χ2v) is 5.60. The van der Waals surface area contributed by atoms with E-state index in [0.29, 0.717) is 11.5 Å². The predicted molar refractivity (Wildman–Crippen MR) is 90.3 cm³/mol. The summed E-state index contributed by atoms with van der Waals surface area (Å²) >= 11 is 1.48. The number of aromatic nitrogens is 1. The first-order valence-electron chi connectivity index (χ1n) is 6.90. The zero-order valence-corrected chi connectivity index (χ0v) is 13.5. The van der Waals surface area contributed by atoms with Crippen molar-refractivity contribution < 1.29 is 13.9 Å². The van der Waals surface area contributed by atoms with Crippen molar-refractivity contribution in [2.45, 2.75) is 0 Å². The Morgan fingerprint density at radius 2 is 1.74 bits per heavy atom. The third-order valence-corrected chi connectivity index (χ3v) is 4.04. The van der Waals surface area contributed by atoms with Gasteiger partial charge >= 0.3 is 0 Å². The lowest BCUT2D eigenvalue weighted by molar-refractivity contribution is 0.355. The number of methoxy groups -OCH3 is 2. The minimum absolute atomic E-state index is 0.263. The summed E-state index contributed by atoms with van der Waals surface area (Å²) in [6.07, 6.45) is 0. The first kappa shape index (κ1) is 15.3. The first-order chi connectivity index (χ1) is 11.2. The second kappa shape index (κ2) is 6.66. The van der Waals surface area contributed by atoms with Gasteiger partial charge in [0.25, 0.3) is 0 Å². The van der Waals surface area contributed by atoms with E-state index in [1.807, 2.05) is 23.6 Å². The van der Waals surface area contributed by atoms with E-state index in [1.165, 1.54) is 23.5 Å². The normalized spacial score (nSPS) is 10.4. The molecule has 0 fully saturated rings. The molecule has 0 bridgehead atoms. The van der Waals surface area contributed by atoms with Crippen LogP contribution in [0.1, 0.15) is 0 Å². The maximum Gasteiger partial charge on any atom is 0.187 e. The fourth-order valence-corrected chi connectivity index (χ4v) is 2.86. The zero-order valence-electron chi connectivity index (χ0n) is 12.7. The van der Waals surface area contributed by atoms with Gasteiger partial charge in [-0.2, -0.15) is 0 Å².